The van der Waals surface area contributed by atoms with Crippen LogP contribution in [0.4, 0.5) is 0 Å². The monoisotopic (exact) mass is 295 g/mol. The van der Waals surface area contributed by atoms with Crippen LogP contribution in [0.3, 0.4) is 0 Å². The number of aromatic nitrogens is 2. The molecule has 2 rings (SSSR count). The first kappa shape index (κ1) is 15.3. The molecule has 21 heavy (non-hydrogen) atoms. The van der Waals surface area contributed by atoms with E-state index in [0.717, 1.165) is 13.0 Å². The molecular formula is C14H21N3O4. The number of amides is 1. The quantitative estimate of drug-likeness (QED) is 0.846. The van der Waals surface area contributed by atoms with Crippen LogP contribution in [0.5, 0.6) is 5.75 Å². The van der Waals surface area contributed by atoms with Crippen LogP contribution in [0.25, 0.3) is 0 Å². The molecular weight excluding hydrogens is 274 g/mol. The van der Waals surface area contributed by atoms with E-state index in [1.165, 1.54) is 0 Å². The van der Waals surface area contributed by atoms with Crippen molar-refractivity contribution in [2.45, 2.75) is 32.7 Å². The Morgan fingerprint density at radius 2 is 2.14 bits per heavy atom. The zero-order chi connectivity index (χ0) is 15.2. The average molecular weight is 295 g/mol. The van der Waals surface area contributed by atoms with Gasteiger partial charge in [-0.15, -0.1) is 0 Å². The van der Waals surface area contributed by atoms with Gasteiger partial charge in [-0.25, -0.2) is 0 Å². The lowest BCUT2D eigenvalue weighted by molar-refractivity contribution is -0.146. The first-order valence-corrected chi connectivity index (χ1v) is 7.26. The van der Waals surface area contributed by atoms with Gasteiger partial charge >= 0.3 is 5.97 Å². The molecule has 1 saturated heterocycles. The van der Waals surface area contributed by atoms with Crippen molar-refractivity contribution in [3.05, 3.63) is 12.4 Å². The number of ether oxygens (including phenoxy) is 1. The van der Waals surface area contributed by atoms with Gasteiger partial charge in [0.15, 0.2) is 12.4 Å². The highest BCUT2D eigenvalue weighted by atomic mass is 16.5. The van der Waals surface area contributed by atoms with Crippen molar-refractivity contribution in [1.29, 1.82) is 0 Å². The Labute approximate surface area is 123 Å². The van der Waals surface area contributed by atoms with Gasteiger partial charge in [-0.1, -0.05) is 6.92 Å². The molecule has 0 aromatic carbocycles. The van der Waals surface area contributed by atoms with Crippen LogP contribution >= 0.6 is 0 Å². The molecule has 1 aliphatic rings. The number of rotatable bonds is 6. The van der Waals surface area contributed by atoms with E-state index in [9.17, 15) is 9.59 Å². The minimum atomic E-state index is -0.776. The average Bonchev–Trinajstić information content (AvgIpc) is 2.93. The molecule has 1 N–H and O–H groups in total. The van der Waals surface area contributed by atoms with E-state index in [0.29, 0.717) is 31.7 Å². The molecule has 1 fully saturated rings. The lowest BCUT2D eigenvalue weighted by atomic mass is 9.97. The summed E-state index contributed by atoms with van der Waals surface area (Å²) in [5.74, 6) is -0.636. The summed E-state index contributed by atoms with van der Waals surface area (Å²) in [6.45, 7) is 3.81. The highest BCUT2D eigenvalue weighted by Gasteiger charge is 2.27. The highest BCUT2D eigenvalue weighted by molar-refractivity contribution is 5.78. The van der Waals surface area contributed by atoms with E-state index in [2.05, 4.69) is 12.0 Å². The maximum atomic E-state index is 12.0. The number of hydrogen-bond acceptors (Lipinski definition) is 4. The van der Waals surface area contributed by atoms with E-state index in [4.69, 9.17) is 9.84 Å². The van der Waals surface area contributed by atoms with Crippen LogP contribution in [0.2, 0.25) is 0 Å². The van der Waals surface area contributed by atoms with Crippen LogP contribution in [-0.4, -0.2) is 51.4 Å². The van der Waals surface area contributed by atoms with E-state index in [-0.39, 0.29) is 18.4 Å². The number of carboxylic acids is 1. The van der Waals surface area contributed by atoms with Gasteiger partial charge in [-0.3, -0.25) is 14.3 Å². The molecule has 1 aromatic rings. The van der Waals surface area contributed by atoms with Crippen LogP contribution in [0.1, 0.15) is 26.2 Å². The van der Waals surface area contributed by atoms with Crippen molar-refractivity contribution < 1.29 is 19.4 Å². The number of aliphatic carboxylic acids is 1. The Kier molecular flexibility index (Phi) is 5.19. The van der Waals surface area contributed by atoms with E-state index < -0.39 is 5.97 Å². The third kappa shape index (κ3) is 4.21. The van der Waals surface area contributed by atoms with Gasteiger partial charge in [0.1, 0.15) is 0 Å². The van der Waals surface area contributed by atoms with Crippen molar-refractivity contribution in [2.75, 3.05) is 19.7 Å². The molecule has 1 aliphatic heterocycles. The molecule has 1 amide bonds. The second-order valence-corrected chi connectivity index (χ2v) is 5.22. The highest BCUT2D eigenvalue weighted by Crippen LogP contribution is 2.17. The molecule has 0 radical (unpaired) electrons. The van der Waals surface area contributed by atoms with Crippen LogP contribution in [0, 0.1) is 5.92 Å². The first-order valence-electron chi connectivity index (χ1n) is 7.26. The number of likely N-dealkylation sites (tertiary alicyclic amines) is 1. The number of hydrogen-bond donors (Lipinski definition) is 1. The van der Waals surface area contributed by atoms with Gasteiger partial charge in [0.05, 0.1) is 18.3 Å². The standard InChI is InChI=1S/C14H21N3O4/c1-2-5-17-9-12(8-15-17)21-10-13(18)16-6-3-11(4-7-16)14(19)20/h8-9,11H,2-7,10H2,1H3,(H,19,20). The number of aryl methyl sites for hydroxylation is 1. The minimum absolute atomic E-state index is 0.0322. The molecule has 0 bridgehead atoms. The zero-order valence-corrected chi connectivity index (χ0v) is 12.2. The predicted molar refractivity (Wildman–Crippen MR) is 75.0 cm³/mol. The van der Waals surface area contributed by atoms with E-state index >= 15 is 0 Å². The number of carbonyl (C=O) groups excluding carboxylic acids is 1. The predicted octanol–water partition coefficient (Wildman–Crippen LogP) is 0.995. The van der Waals surface area contributed by atoms with Gasteiger partial charge in [0.25, 0.3) is 5.91 Å². The molecule has 0 spiro atoms. The molecule has 2 heterocycles. The first-order chi connectivity index (χ1) is 10.1. The number of carboxylic acid groups (broad SMARTS) is 1. The second-order valence-electron chi connectivity index (χ2n) is 5.22. The van der Waals surface area contributed by atoms with Crippen LogP contribution < -0.4 is 4.74 Å². The number of nitrogens with zero attached hydrogens (tertiary/aromatic N) is 3. The molecule has 7 heteroatoms. The summed E-state index contributed by atoms with van der Waals surface area (Å²) < 4.78 is 7.21. The van der Waals surface area contributed by atoms with Crippen molar-refractivity contribution in [3.8, 4) is 5.75 Å². The summed E-state index contributed by atoms with van der Waals surface area (Å²) in [4.78, 5) is 24.5. The van der Waals surface area contributed by atoms with Gasteiger partial charge < -0.3 is 14.7 Å². The summed E-state index contributed by atoms with van der Waals surface area (Å²) >= 11 is 0. The molecule has 0 saturated carbocycles. The van der Waals surface area contributed by atoms with E-state index in [1.54, 1.807) is 22.0 Å². The normalized spacial score (nSPS) is 16.0. The molecule has 0 aliphatic carbocycles. The van der Waals surface area contributed by atoms with Gasteiger partial charge in [-0.05, 0) is 19.3 Å². The van der Waals surface area contributed by atoms with Crippen LogP contribution in [0.15, 0.2) is 12.4 Å². The van der Waals surface area contributed by atoms with Gasteiger partial charge in [0.2, 0.25) is 0 Å². The Balaban J connectivity index is 1.75. The van der Waals surface area contributed by atoms with Crippen molar-refractivity contribution in [1.82, 2.24) is 14.7 Å². The fourth-order valence-corrected chi connectivity index (χ4v) is 2.38. The Bertz CT molecular complexity index is 492. The smallest absolute Gasteiger partial charge is 0.306 e. The van der Waals surface area contributed by atoms with Crippen LogP contribution in [-0.2, 0) is 16.1 Å². The number of piperidine rings is 1. The summed E-state index contributed by atoms with van der Waals surface area (Å²) in [5.41, 5.74) is 0. The third-order valence-electron chi connectivity index (χ3n) is 3.62. The summed E-state index contributed by atoms with van der Waals surface area (Å²) in [7, 11) is 0. The largest absolute Gasteiger partial charge is 0.481 e. The third-order valence-corrected chi connectivity index (χ3v) is 3.62. The topological polar surface area (TPSA) is 84.7 Å². The van der Waals surface area contributed by atoms with Gasteiger partial charge in [-0.2, -0.15) is 5.10 Å². The van der Waals surface area contributed by atoms with Gasteiger partial charge in [0, 0.05) is 19.6 Å². The maximum Gasteiger partial charge on any atom is 0.306 e. The Hall–Kier alpha value is -2.05. The summed E-state index contributed by atoms with van der Waals surface area (Å²) in [5, 5.41) is 13.1. The maximum absolute atomic E-state index is 12.0. The zero-order valence-electron chi connectivity index (χ0n) is 12.2. The minimum Gasteiger partial charge on any atom is -0.481 e. The molecule has 1 aromatic heterocycles. The molecule has 116 valence electrons. The fourth-order valence-electron chi connectivity index (χ4n) is 2.38. The van der Waals surface area contributed by atoms with Crippen molar-refractivity contribution >= 4 is 11.9 Å². The molecule has 0 atom stereocenters. The Morgan fingerprint density at radius 1 is 1.43 bits per heavy atom. The lowest BCUT2D eigenvalue weighted by Crippen LogP contribution is -2.42. The lowest BCUT2D eigenvalue weighted by Gasteiger charge is -2.29. The molecule has 0 unspecified atom stereocenters. The summed E-state index contributed by atoms with van der Waals surface area (Å²) in [6.07, 6.45) is 5.37. The summed E-state index contributed by atoms with van der Waals surface area (Å²) in [6, 6.07) is 0. The van der Waals surface area contributed by atoms with Crippen molar-refractivity contribution in [3.63, 3.8) is 0 Å². The van der Waals surface area contributed by atoms with E-state index in [1.807, 2.05) is 0 Å². The fraction of sp³-hybridized carbons (Fsp3) is 0.643. The van der Waals surface area contributed by atoms with Crippen molar-refractivity contribution in [2.24, 2.45) is 5.92 Å². The SMILES string of the molecule is CCCn1cc(OCC(=O)N2CCC(C(=O)O)CC2)cn1. The Morgan fingerprint density at radius 3 is 2.76 bits per heavy atom. The second kappa shape index (κ2) is 7.10. The molecule has 7 nitrogen and oxygen atoms in total. The number of carbonyl (C=O) groups is 2.